The van der Waals surface area contributed by atoms with Crippen LogP contribution in [-0.4, -0.2) is 53.8 Å². The molecule has 0 aromatic carbocycles. The standard InChI is InChI=1S/C12H23N3O2/c1-3-11(16)14-5-4-6-15(8-7-14)12(17)9-10(2)13/h10H,3-9,13H2,1-2H3. The van der Waals surface area contributed by atoms with Gasteiger partial charge in [0.25, 0.3) is 0 Å². The minimum atomic E-state index is -0.0980. The Hall–Kier alpha value is -1.10. The molecule has 1 aliphatic heterocycles. The lowest BCUT2D eigenvalue weighted by Crippen LogP contribution is -2.38. The SMILES string of the molecule is CCC(=O)N1CCCN(C(=O)CC(C)N)CC1. The molecular formula is C12H23N3O2. The number of carbonyl (C=O) groups is 2. The highest BCUT2D eigenvalue weighted by Crippen LogP contribution is 2.07. The van der Waals surface area contributed by atoms with Gasteiger partial charge in [0.2, 0.25) is 11.8 Å². The van der Waals surface area contributed by atoms with E-state index in [1.54, 1.807) is 0 Å². The van der Waals surface area contributed by atoms with Crippen molar-refractivity contribution in [1.29, 1.82) is 0 Å². The van der Waals surface area contributed by atoms with Crippen molar-refractivity contribution in [3.8, 4) is 0 Å². The van der Waals surface area contributed by atoms with Crippen LogP contribution < -0.4 is 5.73 Å². The predicted octanol–water partition coefficient (Wildman–Crippen LogP) is 0.195. The quantitative estimate of drug-likeness (QED) is 0.767. The lowest BCUT2D eigenvalue weighted by Gasteiger charge is -2.22. The van der Waals surface area contributed by atoms with Crippen LogP contribution in [0.4, 0.5) is 0 Å². The average molecular weight is 241 g/mol. The van der Waals surface area contributed by atoms with E-state index < -0.39 is 0 Å². The molecule has 0 aliphatic carbocycles. The molecule has 0 aromatic heterocycles. The van der Waals surface area contributed by atoms with E-state index in [2.05, 4.69) is 0 Å². The Morgan fingerprint density at radius 2 is 1.65 bits per heavy atom. The Kier molecular flexibility index (Phi) is 5.41. The van der Waals surface area contributed by atoms with Crippen molar-refractivity contribution >= 4 is 11.8 Å². The smallest absolute Gasteiger partial charge is 0.224 e. The van der Waals surface area contributed by atoms with Gasteiger partial charge in [-0.25, -0.2) is 0 Å². The zero-order valence-electron chi connectivity index (χ0n) is 10.8. The Labute approximate surface area is 103 Å². The van der Waals surface area contributed by atoms with E-state index in [0.717, 1.165) is 19.5 Å². The van der Waals surface area contributed by atoms with Crippen molar-refractivity contribution in [2.45, 2.75) is 39.2 Å². The fraction of sp³-hybridized carbons (Fsp3) is 0.833. The van der Waals surface area contributed by atoms with Gasteiger partial charge < -0.3 is 15.5 Å². The highest BCUT2D eigenvalue weighted by atomic mass is 16.2. The average Bonchev–Trinajstić information content (AvgIpc) is 2.52. The highest BCUT2D eigenvalue weighted by molar-refractivity contribution is 5.78. The first-order valence-electron chi connectivity index (χ1n) is 6.35. The van der Waals surface area contributed by atoms with Gasteiger partial charge >= 0.3 is 0 Å². The van der Waals surface area contributed by atoms with Crippen LogP contribution >= 0.6 is 0 Å². The van der Waals surface area contributed by atoms with Gasteiger partial charge in [-0.05, 0) is 13.3 Å². The third-order valence-electron chi connectivity index (χ3n) is 3.00. The van der Waals surface area contributed by atoms with E-state index in [-0.39, 0.29) is 17.9 Å². The van der Waals surface area contributed by atoms with Crippen LogP contribution in [0.15, 0.2) is 0 Å². The summed E-state index contributed by atoms with van der Waals surface area (Å²) >= 11 is 0. The molecule has 1 aliphatic rings. The van der Waals surface area contributed by atoms with E-state index in [4.69, 9.17) is 5.73 Å². The molecule has 98 valence electrons. The maximum atomic E-state index is 11.8. The van der Waals surface area contributed by atoms with Gasteiger partial charge in [-0.15, -0.1) is 0 Å². The molecule has 17 heavy (non-hydrogen) atoms. The zero-order valence-corrected chi connectivity index (χ0v) is 10.8. The first-order chi connectivity index (χ1) is 8.04. The van der Waals surface area contributed by atoms with Crippen molar-refractivity contribution in [3.05, 3.63) is 0 Å². The summed E-state index contributed by atoms with van der Waals surface area (Å²) < 4.78 is 0. The summed E-state index contributed by atoms with van der Waals surface area (Å²) in [5, 5.41) is 0. The number of nitrogens with two attached hydrogens (primary N) is 1. The fourth-order valence-corrected chi connectivity index (χ4v) is 2.04. The largest absolute Gasteiger partial charge is 0.341 e. The number of amides is 2. The Bertz CT molecular complexity index is 279. The molecule has 1 atom stereocenters. The van der Waals surface area contributed by atoms with Gasteiger partial charge in [-0.2, -0.15) is 0 Å². The number of rotatable bonds is 3. The minimum Gasteiger partial charge on any atom is -0.341 e. The van der Waals surface area contributed by atoms with Crippen molar-refractivity contribution < 1.29 is 9.59 Å². The summed E-state index contributed by atoms with van der Waals surface area (Å²) in [6, 6.07) is -0.0980. The lowest BCUT2D eigenvalue weighted by molar-refractivity contribution is -0.133. The Morgan fingerprint density at radius 1 is 1.12 bits per heavy atom. The van der Waals surface area contributed by atoms with E-state index in [1.165, 1.54) is 0 Å². The van der Waals surface area contributed by atoms with Gasteiger partial charge in [-0.1, -0.05) is 6.92 Å². The Balaban J connectivity index is 2.47. The van der Waals surface area contributed by atoms with Crippen LogP contribution in [0.2, 0.25) is 0 Å². The molecule has 0 aromatic rings. The first kappa shape index (κ1) is 14.0. The van der Waals surface area contributed by atoms with Gasteiger partial charge in [0.15, 0.2) is 0 Å². The van der Waals surface area contributed by atoms with E-state index in [1.807, 2.05) is 23.6 Å². The van der Waals surface area contributed by atoms with Crippen LogP contribution in [0.5, 0.6) is 0 Å². The van der Waals surface area contributed by atoms with Crippen LogP contribution in [-0.2, 0) is 9.59 Å². The van der Waals surface area contributed by atoms with Crippen molar-refractivity contribution in [1.82, 2.24) is 9.80 Å². The Morgan fingerprint density at radius 3 is 2.12 bits per heavy atom. The van der Waals surface area contributed by atoms with Crippen LogP contribution in [0.1, 0.15) is 33.1 Å². The molecule has 2 N–H and O–H groups in total. The monoisotopic (exact) mass is 241 g/mol. The van der Waals surface area contributed by atoms with Gasteiger partial charge in [0, 0.05) is 45.1 Å². The second-order valence-electron chi connectivity index (χ2n) is 4.65. The van der Waals surface area contributed by atoms with E-state index >= 15 is 0 Å². The first-order valence-corrected chi connectivity index (χ1v) is 6.35. The molecule has 2 amide bonds. The second-order valence-corrected chi connectivity index (χ2v) is 4.65. The molecule has 1 heterocycles. The van der Waals surface area contributed by atoms with Crippen molar-refractivity contribution in [2.75, 3.05) is 26.2 Å². The zero-order chi connectivity index (χ0) is 12.8. The van der Waals surface area contributed by atoms with Crippen LogP contribution in [0.25, 0.3) is 0 Å². The fourth-order valence-electron chi connectivity index (χ4n) is 2.04. The van der Waals surface area contributed by atoms with E-state index in [9.17, 15) is 9.59 Å². The maximum absolute atomic E-state index is 11.8. The molecule has 0 bridgehead atoms. The molecule has 1 unspecified atom stereocenters. The van der Waals surface area contributed by atoms with Gasteiger partial charge in [0.05, 0.1) is 0 Å². The topological polar surface area (TPSA) is 66.6 Å². The number of hydrogen-bond donors (Lipinski definition) is 1. The van der Waals surface area contributed by atoms with Crippen LogP contribution in [0, 0.1) is 0 Å². The third-order valence-corrected chi connectivity index (χ3v) is 3.00. The van der Waals surface area contributed by atoms with Crippen molar-refractivity contribution in [2.24, 2.45) is 5.73 Å². The van der Waals surface area contributed by atoms with E-state index in [0.29, 0.717) is 25.9 Å². The molecule has 0 saturated carbocycles. The second kappa shape index (κ2) is 6.59. The summed E-state index contributed by atoms with van der Waals surface area (Å²) in [5.74, 6) is 0.275. The van der Waals surface area contributed by atoms with Crippen molar-refractivity contribution in [3.63, 3.8) is 0 Å². The molecule has 5 heteroatoms. The molecule has 1 fully saturated rings. The molecule has 0 radical (unpaired) electrons. The highest BCUT2D eigenvalue weighted by Gasteiger charge is 2.21. The molecule has 1 saturated heterocycles. The summed E-state index contributed by atoms with van der Waals surface area (Å²) in [5.41, 5.74) is 5.62. The van der Waals surface area contributed by atoms with Gasteiger partial charge in [0.1, 0.15) is 0 Å². The molecular weight excluding hydrogens is 218 g/mol. The third kappa shape index (κ3) is 4.34. The predicted molar refractivity (Wildman–Crippen MR) is 66.3 cm³/mol. The summed E-state index contributed by atoms with van der Waals surface area (Å²) in [4.78, 5) is 27.1. The number of hydrogen-bond acceptors (Lipinski definition) is 3. The summed E-state index contributed by atoms with van der Waals surface area (Å²) in [7, 11) is 0. The summed E-state index contributed by atoms with van der Waals surface area (Å²) in [6.07, 6.45) is 1.78. The number of carbonyl (C=O) groups excluding carboxylic acids is 2. The number of nitrogens with zero attached hydrogens (tertiary/aromatic N) is 2. The molecule has 5 nitrogen and oxygen atoms in total. The minimum absolute atomic E-state index is 0.0980. The maximum Gasteiger partial charge on any atom is 0.224 e. The lowest BCUT2D eigenvalue weighted by atomic mass is 10.2. The normalized spacial score (nSPS) is 18.8. The molecule has 0 spiro atoms. The molecule has 1 rings (SSSR count). The summed E-state index contributed by atoms with van der Waals surface area (Å²) in [6.45, 7) is 6.48. The van der Waals surface area contributed by atoms with Gasteiger partial charge in [-0.3, -0.25) is 9.59 Å². The van der Waals surface area contributed by atoms with Crippen LogP contribution in [0.3, 0.4) is 0 Å².